The Balaban J connectivity index is 1.88. The van der Waals surface area contributed by atoms with Crippen LogP contribution in [-0.2, 0) is 4.79 Å². The lowest BCUT2D eigenvalue weighted by Crippen LogP contribution is -2.37. The molecule has 2 fully saturated rings. The predicted molar refractivity (Wildman–Crippen MR) is 81.4 cm³/mol. The van der Waals surface area contributed by atoms with Crippen LogP contribution >= 0.6 is 11.6 Å². The van der Waals surface area contributed by atoms with Crippen molar-refractivity contribution in [3.8, 4) is 5.75 Å². The van der Waals surface area contributed by atoms with Crippen molar-refractivity contribution in [2.45, 2.75) is 25.9 Å². The van der Waals surface area contributed by atoms with Gasteiger partial charge in [0.2, 0.25) is 0 Å². The Labute approximate surface area is 142 Å². The molecule has 5 nitrogen and oxygen atoms in total. The molecule has 0 aromatic heterocycles. The summed E-state index contributed by atoms with van der Waals surface area (Å²) in [7, 11) is 0. The zero-order valence-electron chi connectivity index (χ0n) is 12.7. The Morgan fingerprint density at radius 3 is 2.79 bits per heavy atom. The minimum atomic E-state index is -3.07. The van der Waals surface area contributed by atoms with Gasteiger partial charge in [0.25, 0.3) is 5.91 Å². The van der Waals surface area contributed by atoms with Gasteiger partial charge in [-0.15, -0.1) is 0 Å². The zero-order chi connectivity index (χ0) is 17.5. The fraction of sp³-hybridized carbons (Fsp3) is 0.500. The highest BCUT2D eigenvalue weighted by Crippen LogP contribution is 2.49. The van der Waals surface area contributed by atoms with Gasteiger partial charge in [-0.3, -0.25) is 9.59 Å². The lowest BCUT2D eigenvalue weighted by atomic mass is 9.81. The van der Waals surface area contributed by atoms with Crippen LogP contribution in [0.4, 0.5) is 8.78 Å². The second kappa shape index (κ2) is 6.20. The lowest BCUT2D eigenvalue weighted by Gasteiger charge is -2.23. The third-order valence-corrected chi connectivity index (χ3v) is 5.21. The number of likely N-dealkylation sites (tertiary alicyclic amines) is 1. The highest BCUT2D eigenvalue weighted by atomic mass is 35.5. The van der Waals surface area contributed by atoms with Gasteiger partial charge in [-0.1, -0.05) is 18.0 Å². The number of ether oxygens (including phenoxy) is 1. The first-order chi connectivity index (χ1) is 11.3. The monoisotopic (exact) mass is 359 g/mol. The molecule has 0 spiro atoms. The second-order valence-electron chi connectivity index (χ2n) is 6.26. The SMILES string of the molecule is O=C(c1cc(Cl)ccc1OC(F)F)N1C[C@@H]2CCC[C@@]2(C(=O)O)C1. The molecule has 24 heavy (non-hydrogen) atoms. The smallest absolute Gasteiger partial charge is 0.387 e. The van der Waals surface area contributed by atoms with E-state index >= 15 is 0 Å². The quantitative estimate of drug-likeness (QED) is 0.896. The largest absolute Gasteiger partial charge is 0.481 e. The van der Waals surface area contributed by atoms with E-state index in [0.29, 0.717) is 13.0 Å². The van der Waals surface area contributed by atoms with Gasteiger partial charge in [-0.25, -0.2) is 0 Å². The second-order valence-corrected chi connectivity index (χ2v) is 6.69. The summed E-state index contributed by atoms with van der Waals surface area (Å²) in [5.41, 5.74) is -1.01. The van der Waals surface area contributed by atoms with Crippen LogP contribution in [0, 0.1) is 11.3 Å². The first-order valence-electron chi connectivity index (χ1n) is 7.60. The number of nitrogens with zero attached hydrogens (tertiary/aromatic N) is 1. The van der Waals surface area contributed by atoms with E-state index in [-0.39, 0.29) is 28.8 Å². The molecular weight excluding hydrogens is 344 g/mol. The van der Waals surface area contributed by atoms with Gasteiger partial charge < -0.3 is 14.7 Å². The van der Waals surface area contributed by atoms with Gasteiger partial charge in [-0.05, 0) is 37.0 Å². The number of carboxylic acids is 1. The zero-order valence-corrected chi connectivity index (χ0v) is 13.4. The fourth-order valence-electron chi connectivity index (χ4n) is 3.83. The summed E-state index contributed by atoms with van der Waals surface area (Å²) in [6.45, 7) is -2.70. The molecule has 0 radical (unpaired) electrons. The molecule has 2 atom stereocenters. The maximum Gasteiger partial charge on any atom is 0.387 e. The van der Waals surface area contributed by atoms with Crippen molar-refractivity contribution < 1.29 is 28.2 Å². The molecule has 8 heteroatoms. The number of carbonyl (C=O) groups is 2. The maximum absolute atomic E-state index is 12.7. The van der Waals surface area contributed by atoms with Gasteiger partial charge in [0.1, 0.15) is 5.75 Å². The van der Waals surface area contributed by atoms with Crippen LogP contribution in [0.15, 0.2) is 18.2 Å². The summed E-state index contributed by atoms with van der Waals surface area (Å²) >= 11 is 5.87. The van der Waals surface area contributed by atoms with Crippen molar-refractivity contribution in [2.24, 2.45) is 11.3 Å². The van der Waals surface area contributed by atoms with Gasteiger partial charge in [0, 0.05) is 18.1 Å². The molecule has 1 aromatic rings. The molecule has 1 amide bonds. The van der Waals surface area contributed by atoms with Gasteiger partial charge >= 0.3 is 12.6 Å². The summed E-state index contributed by atoms with van der Waals surface area (Å²) in [6.07, 6.45) is 2.08. The Hall–Kier alpha value is -1.89. The summed E-state index contributed by atoms with van der Waals surface area (Å²) in [5.74, 6) is -1.82. The normalized spacial score (nSPS) is 25.8. The molecule has 1 aliphatic heterocycles. The molecular formula is C16H16ClF2NO4. The summed E-state index contributed by atoms with van der Waals surface area (Å²) < 4.78 is 29.5. The number of amides is 1. The third kappa shape index (κ3) is 2.81. The van der Waals surface area contributed by atoms with Gasteiger partial charge in [0.15, 0.2) is 0 Å². The first kappa shape index (κ1) is 17.0. The number of carbonyl (C=O) groups excluding carboxylic acids is 1. The van der Waals surface area contributed by atoms with Crippen LogP contribution in [0.1, 0.15) is 29.6 Å². The Bertz CT molecular complexity index is 684. The third-order valence-electron chi connectivity index (χ3n) is 4.97. The summed E-state index contributed by atoms with van der Waals surface area (Å²) in [4.78, 5) is 25.8. The van der Waals surface area contributed by atoms with Crippen molar-refractivity contribution >= 4 is 23.5 Å². The van der Waals surface area contributed by atoms with Crippen molar-refractivity contribution in [2.75, 3.05) is 13.1 Å². The number of hydrogen-bond acceptors (Lipinski definition) is 3. The highest BCUT2D eigenvalue weighted by Gasteiger charge is 2.56. The summed E-state index contributed by atoms with van der Waals surface area (Å²) in [5, 5.41) is 9.79. The molecule has 3 rings (SSSR count). The molecule has 1 aromatic carbocycles. The number of halogens is 3. The molecule has 1 saturated carbocycles. The molecule has 1 N–H and O–H groups in total. The van der Waals surface area contributed by atoms with Crippen LogP contribution in [0.5, 0.6) is 5.75 Å². The van der Waals surface area contributed by atoms with E-state index in [1.165, 1.54) is 23.1 Å². The lowest BCUT2D eigenvalue weighted by molar-refractivity contribution is -0.149. The van der Waals surface area contributed by atoms with Crippen molar-refractivity contribution in [1.82, 2.24) is 4.90 Å². The van der Waals surface area contributed by atoms with E-state index in [1.807, 2.05) is 0 Å². The number of rotatable bonds is 4. The van der Waals surface area contributed by atoms with E-state index < -0.39 is 23.9 Å². The van der Waals surface area contributed by atoms with Gasteiger partial charge in [0.05, 0.1) is 11.0 Å². The number of benzene rings is 1. The number of fused-ring (bicyclic) bond motifs is 1. The van der Waals surface area contributed by atoms with Crippen molar-refractivity contribution in [1.29, 1.82) is 0 Å². The van der Waals surface area contributed by atoms with Crippen LogP contribution in [0.2, 0.25) is 5.02 Å². The van der Waals surface area contributed by atoms with E-state index in [1.54, 1.807) is 0 Å². The van der Waals surface area contributed by atoms with E-state index in [4.69, 9.17) is 11.6 Å². The number of alkyl halides is 2. The summed E-state index contributed by atoms with van der Waals surface area (Å²) in [6, 6.07) is 3.84. The van der Waals surface area contributed by atoms with Crippen LogP contribution < -0.4 is 4.74 Å². The molecule has 1 heterocycles. The molecule has 2 aliphatic rings. The van der Waals surface area contributed by atoms with Crippen LogP contribution in [0.3, 0.4) is 0 Å². The first-order valence-corrected chi connectivity index (χ1v) is 7.98. The minimum absolute atomic E-state index is 0.0759. The molecule has 130 valence electrons. The van der Waals surface area contributed by atoms with Crippen LogP contribution in [-0.4, -0.2) is 41.6 Å². The van der Waals surface area contributed by atoms with E-state index in [0.717, 1.165) is 12.8 Å². The van der Waals surface area contributed by atoms with E-state index in [9.17, 15) is 23.5 Å². The molecule has 0 bridgehead atoms. The number of carboxylic acid groups (broad SMARTS) is 1. The standard InChI is InChI=1S/C16H16ClF2NO4/c17-10-3-4-12(24-15(18)19)11(6-10)13(21)20-7-9-2-1-5-16(9,8-20)14(22)23/h3-4,6,9,15H,1-2,5,7-8H2,(H,22,23)/t9-,16+/m0/s1. The molecule has 1 aliphatic carbocycles. The van der Waals surface area contributed by atoms with Crippen LogP contribution in [0.25, 0.3) is 0 Å². The average Bonchev–Trinajstić information content (AvgIpc) is 3.06. The molecule has 0 unspecified atom stereocenters. The number of aliphatic carboxylic acids is 1. The predicted octanol–water partition coefficient (Wildman–Crippen LogP) is 3.27. The van der Waals surface area contributed by atoms with E-state index in [2.05, 4.69) is 4.74 Å². The van der Waals surface area contributed by atoms with Crippen molar-refractivity contribution in [3.05, 3.63) is 28.8 Å². The Morgan fingerprint density at radius 1 is 1.42 bits per heavy atom. The Kier molecular flexibility index (Phi) is 4.38. The number of hydrogen-bond donors (Lipinski definition) is 1. The topological polar surface area (TPSA) is 66.8 Å². The highest BCUT2D eigenvalue weighted by molar-refractivity contribution is 6.31. The Morgan fingerprint density at radius 2 is 2.17 bits per heavy atom. The molecule has 1 saturated heterocycles. The van der Waals surface area contributed by atoms with Crippen molar-refractivity contribution in [3.63, 3.8) is 0 Å². The minimum Gasteiger partial charge on any atom is -0.481 e. The average molecular weight is 360 g/mol. The van der Waals surface area contributed by atoms with Gasteiger partial charge in [-0.2, -0.15) is 8.78 Å². The maximum atomic E-state index is 12.7. The fourth-order valence-corrected chi connectivity index (χ4v) is 4.00.